The molecule has 0 saturated heterocycles. The summed E-state index contributed by atoms with van der Waals surface area (Å²) in [6.45, 7) is 0. The topological polar surface area (TPSA) is 59.8 Å². The van der Waals surface area contributed by atoms with Gasteiger partial charge in [0.05, 0.1) is 0 Å². The van der Waals surface area contributed by atoms with Gasteiger partial charge in [-0.2, -0.15) is 0 Å². The number of aromatic nitrogens is 3. The molecule has 1 heterocycles. The Bertz CT molecular complexity index is 490. The summed E-state index contributed by atoms with van der Waals surface area (Å²) in [6, 6.07) is 0.380. The molecule has 0 spiro atoms. The minimum Gasteiger partial charge on any atom is -0.353 e. The summed E-state index contributed by atoms with van der Waals surface area (Å²) in [5, 5.41) is 13.0. The van der Waals surface area contributed by atoms with Crippen molar-refractivity contribution >= 4 is 17.7 Å². The highest BCUT2D eigenvalue weighted by atomic mass is 32.2. The molecular weight excluding hydrogens is 296 g/mol. The predicted molar refractivity (Wildman–Crippen MR) is 87.6 cm³/mol. The quantitative estimate of drug-likeness (QED) is 0.926. The molecule has 1 amide bonds. The van der Waals surface area contributed by atoms with Crippen molar-refractivity contribution in [2.45, 2.75) is 74.2 Å². The molecule has 2 aliphatic carbocycles. The third kappa shape index (κ3) is 4.03. The molecule has 1 N–H and O–H groups in total. The van der Waals surface area contributed by atoms with Gasteiger partial charge < -0.3 is 9.88 Å². The normalized spacial score (nSPS) is 26.8. The van der Waals surface area contributed by atoms with Gasteiger partial charge in [0.25, 0.3) is 0 Å². The van der Waals surface area contributed by atoms with Crippen LogP contribution < -0.4 is 5.32 Å². The van der Waals surface area contributed by atoms with E-state index in [2.05, 4.69) is 15.5 Å². The monoisotopic (exact) mass is 322 g/mol. The molecular formula is C16H26N4OS. The summed E-state index contributed by atoms with van der Waals surface area (Å²) in [5.74, 6) is 0.587. The molecule has 0 unspecified atom stereocenters. The fraction of sp³-hybridized carbons (Fsp3) is 0.812. The van der Waals surface area contributed by atoms with Gasteiger partial charge >= 0.3 is 0 Å². The summed E-state index contributed by atoms with van der Waals surface area (Å²) in [6.07, 6.45) is 12.1. The standard InChI is InChI=1S/C16H26N4OS/c1-20-11-17-19-16(20)22-14-9-7-13(8-10-14)18-15(21)12-5-3-2-4-6-12/h11-14H,2-10H2,1H3,(H,18,21). The van der Waals surface area contributed by atoms with Crippen LogP contribution in [0, 0.1) is 5.92 Å². The average Bonchev–Trinajstić information content (AvgIpc) is 2.95. The van der Waals surface area contributed by atoms with Crippen LogP contribution in [0.25, 0.3) is 0 Å². The van der Waals surface area contributed by atoms with E-state index in [9.17, 15) is 4.79 Å². The zero-order valence-electron chi connectivity index (χ0n) is 13.3. The smallest absolute Gasteiger partial charge is 0.223 e. The van der Waals surface area contributed by atoms with Crippen molar-refractivity contribution < 1.29 is 4.79 Å². The van der Waals surface area contributed by atoms with E-state index in [4.69, 9.17) is 0 Å². The summed E-state index contributed by atoms with van der Waals surface area (Å²) in [5.41, 5.74) is 0. The fourth-order valence-electron chi connectivity index (χ4n) is 3.54. The SMILES string of the molecule is Cn1cnnc1SC1CCC(NC(=O)C2CCCCC2)CC1. The van der Waals surface area contributed by atoms with Crippen molar-refractivity contribution in [3.8, 4) is 0 Å². The Morgan fingerprint density at radius 2 is 1.91 bits per heavy atom. The average molecular weight is 322 g/mol. The molecule has 6 heteroatoms. The first-order valence-electron chi connectivity index (χ1n) is 8.53. The molecule has 1 aromatic rings. The first kappa shape index (κ1) is 15.8. The second-order valence-corrected chi connectivity index (χ2v) is 7.93. The third-order valence-corrected chi connectivity index (χ3v) is 6.32. The molecule has 5 nitrogen and oxygen atoms in total. The van der Waals surface area contributed by atoms with Crippen LogP contribution in [-0.4, -0.2) is 32.0 Å². The minimum absolute atomic E-state index is 0.277. The van der Waals surface area contributed by atoms with Crippen LogP contribution in [0.1, 0.15) is 57.8 Å². The van der Waals surface area contributed by atoms with Gasteiger partial charge in [-0.25, -0.2) is 0 Å². The van der Waals surface area contributed by atoms with E-state index in [0.717, 1.165) is 43.7 Å². The van der Waals surface area contributed by atoms with Crippen LogP contribution in [0.3, 0.4) is 0 Å². The summed E-state index contributed by atoms with van der Waals surface area (Å²) in [4.78, 5) is 12.3. The van der Waals surface area contributed by atoms with Crippen molar-refractivity contribution in [1.82, 2.24) is 20.1 Å². The van der Waals surface area contributed by atoms with Gasteiger partial charge in [-0.15, -0.1) is 10.2 Å². The zero-order valence-corrected chi connectivity index (χ0v) is 14.1. The molecule has 2 fully saturated rings. The van der Waals surface area contributed by atoms with Gasteiger partial charge in [0.2, 0.25) is 5.91 Å². The van der Waals surface area contributed by atoms with Crippen LogP contribution in [0.2, 0.25) is 0 Å². The van der Waals surface area contributed by atoms with E-state index in [-0.39, 0.29) is 5.92 Å². The van der Waals surface area contributed by atoms with Gasteiger partial charge in [-0.1, -0.05) is 31.0 Å². The van der Waals surface area contributed by atoms with Crippen molar-refractivity contribution in [1.29, 1.82) is 0 Å². The van der Waals surface area contributed by atoms with Crippen molar-refractivity contribution in [2.75, 3.05) is 0 Å². The van der Waals surface area contributed by atoms with Gasteiger partial charge in [0.15, 0.2) is 5.16 Å². The summed E-state index contributed by atoms with van der Waals surface area (Å²) < 4.78 is 1.97. The Hall–Kier alpha value is -1.04. The predicted octanol–water partition coefficient (Wildman–Crippen LogP) is 2.91. The number of aryl methyl sites for hydroxylation is 1. The lowest BCUT2D eigenvalue weighted by Crippen LogP contribution is -2.41. The maximum atomic E-state index is 12.3. The number of carbonyl (C=O) groups is 1. The fourth-order valence-corrected chi connectivity index (χ4v) is 4.65. The summed E-state index contributed by atoms with van der Waals surface area (Å²) >= 11 is 1.82. The molecule has 22 heavy (non-hydrogen) atoms. The van der Waals surface area contributed by atoms with Crippen LogP contribution in [0.4, 0.5) is 0 Å². The second kappa shape index (κ2) is 7.49. The van der Waals surface area contributed by atoms with Crippen molar-refractivity contribution in [3.05, 3.63) is 6.33 Å². The number of nitrogens with zero attached hydrogens (tertiary/aromatic N) is 3. The number of rotatable bonds is 4. The van der Waals surface area contributed by atoms with Crippen LogP contribution in [-0.2, 0) is 11.8 Å². The Balaban J connectivity index is 1.41. The van der Waals surface area contributed by atoms with E-state index < -0.39 is 0 Å². The molecule has 3 rings (SSSR count). The van der Waals surface area contributed by atoms with E-state index in [1.165, 1.54) is 19.3 Å². The molecule has 0 aromatic carbocycles. The molecule has 122 valence electrons. The van der Waals surface area contributed by atoms with E-state index in [0.29, 0.717) is 17.2 Å². The zero-order chi connectivity index (χ0) is 15.4. The number of amides is 1. The minimum atomic E-state index is 0.277. The highest BCUT2D eigenvalue weighted by Crippen LogP contribution is 2.33. The third-order valence-electron chi connectivity index (χ3n) is 4.94. The molecule has 2 saturated carbocycles. The molecule has 0 aliphatic heterocycles. The first-order valence-corrected chi connectivity index (χ1v) is 9.41. The van der Waals surface area contributed by atoms with Gasteiger partial charge in [-0.05, 0) is 38.5 Å². The number of hydrogen-bond donors (Lipinski definition) is 1. The number of nitrogens with one attached hydrogen (secondary N) is 1. The first-order chi connectivity index (χ1) is 10.7. The molecule has 0 bridgehead atoms. The lowest BCUT2D eigenvalue weighted by molar-refractivity contribution is -0.126. The highest BCUT2D eigenvalue weighted by molar-refractivity contribution is 7.99. The van der Waals surface area contributed by atoms with E-state index in [1.54, 1.807) is 6.33 Å². The van der Waals surface area contributed by atoms with Crippen LogP contribution in [0.15, 0.2) is 11.5 Å². The van der Waals surface area contributed by atoms with Gasteiger partial charge in [-0.3, -0.25) is 4.79 Å². The highest BCUT2D eigenvalue weighted by Gasteiger charge is 2.27. The van der Waals surface area contributed by atoms with Crippen LogP contribution in [0.5, 0.6) is 0 Å². The van der Waals surface area contributed by atoms with Gasteiger partial charge in [0.1, 0.15) is 6.33 Å². The largest absolute Gasteiger partial charge is 0.353 e. The Morgan fingerprint density at radius 3 is 2.55 bits per heavy atom. The number of hydrogen-bond acceptors (Lipinski definition) is 4. The maximum absolute atomic E-state index is 12.3. The van der Waals surface area contributed by atoms with E-state index in [1.807, 2.05) is 23.4 Å². The van der Waals surface area contributed by atoms with E-state index >= 15 is 0 Å². The Morgan fingerprint density at radius 1 is 1.18 bits per heavy atom. The lowest BCUT2D eigenvalue weighted by Gasteiger charge is -2.30. The molecule has 0 radical (unpaired) electrons. The van der Waals surface area contributed by atoms with Crippen molar-refractivity contribution in [2.24, 2.45) is 13.0 Å². The van der Waals surface area contributed by atoms with Gasteiger partial charge in [0, 0.05) is 24.3 Å². The molecule has 0 atom stereocenters. The maximum Gasteiger partial charge on any atom is 0.223 e. The van der Waals surface area contributed by atoms with Crippen molar-refractivity contribution in [3.63, 3.8) is 0 Å². The lowest BCUT2D eigenvalue weighted by atomic mass is 9.87. The Kier molecular flexibility index (Phi) is 5.39. The number of thioether (sulfide) groups is 1. The number of carbonyl (C=O) groups excluding carboxylic acids is 1. The summed E-state index contributed by atoms with van der Waals surface area (Å²) in [7, 11) is 1.98. The second-order valence-electron chi connectivity index (χ2n) is 6.66. The molecule has 2 aliphatic rings. The Labute approximate surface area is 136 Å². The van der Waals surface area contributed by atoms with Crippen LogP contribution >= 0.6 is 11.8 Å². The molecule has 1 aromatic heterocycles.